The predicted octanol–water partition coefficient (Wildman–Crippen LogP) is 0.987. The summed E-state index contributed by atoms with van der Waals surface area (Å²) in [5.41, 5.74) is -0.490. The molecule has 2 N–H and O–H groups in total. The average Bonchev–Trinajstić information content (AvgIpc) is 2.14. The molecule has 0 spiro atoms. The van der Waals surface area contributed by atoms with Gasteiger partial charge in [0.05, 0.1) is 12.7 Å². The van der Waals surface area contributed by atoms with Crippen LogP contribution in [0.5, 0.6) is 0 Å². The van der Waals surface area contributed by atoms with E-state index >= 15 is 0 Å². The minimum absolute atomic E-state index is 0.240. The molecule has 0 aliphatic heterocycles. The van der Waals surface area contributed by atoms with Crippen molar-refractivity contribution in [2.24, 2.45) is 0 Å². The summed E-state index contributed by atoms with van der Waals surface area (Å²) >= 11 is 0. The number of carbonyl (C=O) groups is 1. The Labute approximate surface area is 97.0 Å². The maximum atomic E-state index is 11.5. The van der Waals surface area contributed by atoms with Crippen LogP contribution in [0, 0.1) is 0 Å². The summed E-state index contributed by atoms with van der Waals surface area (Å²) in [6, 6.07) is 0. The predicted molar refractivity (Wildman–Crippen MR) is 61.2 cm³/mol. The van der Waals surface area contributed by atoms with Crippen LogP contribution in [-0.2, 0) is 4.74 Å². The van der Waals surface area contributed by atoms with Crippen molar-refractivity contribution in [1.82, 2.24) is 4.90 Å². The van der Waals surface area contributed by atoms with Gasteiger partial charge in [0.2, 0.25) is 0 Å². The Morgan fingerprint density at radius 3 is 2.44 bits per heavy atom. The number of ether oxygens (including phenoxy) is 1. The standard InChI is InChI=1S/C11H23NO4/c1-11(2,3)16-10(15)12(4)7-5-6-9(14)8-13/h9,13-14H,5-8H2,1-4H3. The fraction of sp³-hybridized carbons (Fsp3) is 0.909. The number of aliphatic hydroxyl groups is 2. The summed E-state index contributed by atoms with van der Waals surface area (Å²) in [5.74, 6) is 0. The van der Waals surface area contributed by atoms with E-state index in [-0.39, 0.29) is 12.7 Å². The van der Waals surface area contributed by atoms with Gasteiger partial charge in [0.1, 0.15) is 5.60 Å². The lowest BCUT2D eigenvalue weighted by molar-refractivity contribution is 0.0281. The summed E-state index contributed by atoms with van der Waals surface area (Å²) in [6.07, 6.45) is 0.0409. The molecule has 1 atom stereocenters. The van der Waals surface area contributed by atoms with Gasteiger partial charge >= 0.3 is 6.09 Å². The summed E-state index contributed by atoms with van der Waals surface area (Å²) < 4.78 is 5.16. The first kappa shape index (κ1) is 15.2. The second-order valence-corrected chi connectivity index (χ2v) is 4.88. The molecule has 0 saturated carbocycles. The molecule has 5 heteroatoms. The molecule has 1 unspecified atom stereocenters. The molecule has 0 aliphatic carbocycles. The van der Waals surface area contributed by atoms with E-state index in [9.17, 15) is 4.79 Å². The third-order valence-electron chi connectivity index (χ3n) is 1.95. The van der Waals surface area contributed by atoms with Crippen LogP contribution in [0.2, 0.25) is 0 Å². The lowest BCUT2D eigenvalue weighted by Gasteiger charge is -2.24. The van der Waals surface area contributed by atoms with Gasteiger partial charge in [-0.3, -0.25) is 0 Å². The topological polar surface area (TPSA) is 70.0 Å². The third kappa shape index (κ3) is 7.48. The summed E-state index contributed by atoms with van der Waals surface area (Å²) in [5, 5.41) is 17.7. The molecule has 0 aromatic carbocycles. The molecule has 0 aromatic rings. The molecule has 96 valence electrons. The fourth-order valence-corrected chi connectivity index (χ4v) is 1.09. The van der Waals surface area contributed by atoms with Crippen molar-refractivity contribution in [2.45, 2.75) is 45.3 Å². The number of hydrogen-bond acceptors (Lipinski definition) is 4. The van der Waals surface area contributed by atoms with E-state index in [0.29, 0.717) is 19.4 Å². The van der Waals surface area contributed by atoms with Crippen LogP contribution in [0.1, 0.15) is 33.6 Å². The highest BCUT2D eigenvalue weighted by Gasteiger charge is 2.19. The van der Waals surface area contributed by atoms with E-state index in [2.05, 4.69) is 0 Å². The molecular formula is C11H23NO4. The van der Waals surface area contributed by atoms with Gasteiger partial charge in [-0.25, -0.2) is 4.79 Å². The molecule has 0 aromatic heterocycles. The molecule has 5 nitrogen and oxygen atoms in total. The Kier molecular flexibility index (Phi) is 6.36. The van der Waals surface area contributed by atoms with E-state index in [4.69, 9.17) is 14.9 Å². The summed E-state index contributed by atoms with van der Waals surface area (Å²) in [7, 11) is 1.65. The zero-order chi connectivity index (χ0) is 12.8. The van der Waals surface area contributed by atoms with Gasteiger partial charge in [0.15, 0.2) is 0 Å². The lowest BCUT2D eigenvalue weighted by atomic mass is 10.2. The molecule has 0 aliphatic rings. The van der Waals surface area contributed by atoms with Crippen molar-refractivity contribution in [3.63, 3.8) is 0 Å². The van der Waals surface area contributed by atoms with Crippen molar-refractivity contribution in [2.75, 3.05) is 20.2 Å². The maximum absolute atomic E-state index is 11.5. The number of hydrogen-bond donors (Lipinski definition) is 2. The number of nitrogens with zero attached hydrogens (tertiary/aromatic N) is 1. The second kappa shape index (κ2) is 6.70. The number of amides is 1. The van der Waals surface area contributed by atoms with E-state index in [0.717, 1.165) is 0 Å². The van der Waals surface area contributed by atoms with Crippen LogP contribution in [0.15, 0.2) is 0 Å². The zero-order valence-electron chi connectivity index (χ0n) is 10.6. The summed E-state index contributed by atoms with van der Waals surface area (Å²) in [4.78, 5) is 13.0. The third-order valence-corrected chi connectivity index (χ3v) is 1.95. The SMILES string of the molecule is CN(CCCC(O)CO)C(=O)OC(C)(C)C. The number of rotatable bonds is 5. The van der Waals surface area contributed by atoms with Crippen LogP contribution in [-0.4, -0.2) is 53.1 Å². The molecule has 1 amide bonds. The van der Waals surface area contributed by atoms with Crippen LogP contribution in [0.3, 0.4) is 0 Å². The highest BCUT2D eigenvalue weighted by atomic mass is 16.6. The van der Waals surface area contributed by atoms with Crippen molar-refractivity contribution in [3.05, 3.63) is 0 Å². The monoisotopic (exact) mass is 233 g/mol. The number of aliphatic hydroxyl groups excluding tert-OH is 2. The van der Waals surface area contributed by atoms with E-state index < -0.39 is 11.7 Å². The van der Waals surface area contributed by atoms with Crippen molar-refractivity contribution >= 4 is 6.09 Å². The normalized spacial score (nSPS) is 13.4. The van der Waals surface area contributed by atoms with E-state index in [1.165, 1.54) is 4.90 Å². The highest BCUT2D eigenvalue weighted by molar-refractivity contribution is 5.67. The molecule has 0 bridgehead atoms. The van der Waals surface area contributed by atoms with Crippen LogP contribution in [0.4, 0.5) is 4.79 Å². The molecule has 0 fully saturated rings. The summed E-state index contributed by atoms with van der Waals surface area (Å²) in [6.45, 7) is 5.71. The largest absolute Gasteiger partial charge is 0.444 e. The molecule has 16 heavy (non-hydrogen) atoms. The second-order valence-electron chi connectivity index (χ2n) is 4.88. The Balaban J connectivity index is 3.80. The van der Waals surface area contributed by atoms with Crippen LogP contribution < -0.4 is 0 Å². The van der Waals surface area contributed by atoms with Crippen LogP contribution in [0.25, 0.3) is 0 Å². The van der Waals surface area contributed by atoms with Crippen molar-refractivity contribution < 1.29 is 19.7 Å². The van der Waals surface area contributed by atoms with E-state index in [1.54, 1.807) is 7.05 Å². The Morgan fingerprint density at radius 2 is 2.00 bits per heavy atom. The smallest absolute Gasteiger partial charge is 0.410 e. The van der Waals surface area contributed by atoms with Gasteiger partial charge in [-0.1, -0.05) is 0 Å². The quantitative estimate of drug-likeness (QED) is 0.743. The molecule has 0 heterocycles. The van der Waals surface area contributed by atoms with Gasteiger partial charge < -0.3 is 19.8 Å². The first-order chi connectivity index (χ1) is 7.26. The van der Waals surface area contributed by atoms with Crippen molar-refractivity contribution in [1.29, 1.82) is 0 Å². The Morgan fingerprint density at radius 1 is 1.44 bits per heavy atom. The Hall–Kier alpha value is -0.810. The molecule has 0 rings (SSSR count). The van der Waals surface area contributed by atoms with Gasteiger partial charge in [0.25, 0.3) is 0 Å². The van der Waals surface area contributed by atoms with Gasteiger partial charge in [-0.15, -0.1) is 0 Å². The van der Waals surface area contributed by atoms with Gasteiger partial charge in [0, 0.05) is 13.6 Å². The first-order valence-corrected chi connectivity index (χ1v) is 5.49. The molecule has 0 radical (unpaired) electrons. The zero-order valence-corrected chi connectivity index (χ0v) is 10.6. The van der Waals surface area contributed by atoms with Crippen molar-refractivity contribution in [3.8, 4) is 0 Å². The first-order valence-electron chi connectivity index (χ1n) is 5.49. The minimum atomic E-state index is -0.702. The lowest BCUT2D eigenvalue weighted by Crippen LogP contribution is -2.35. The average molecular weight is 233 g/mol. The maximum Gasteiger partial charge on any atom is 0.410 e. The van der Waals surface area contributed by atoms with E-state index in [1.807, 2.05) is 20.8 Å². The molecular weight excluding hydrogens is 210 g/mol. The number of carbonyl (C=O) groups excluding carboxylic acids is 1. The van der Waals surface area contributed by atoms with Gasteiger partial charge in [-0.2, -0.15) is 0 Å². The van der Waals surface area contributed by atoms with Crippen LogP contribution >= 0.6 is 0 Å². The fourth-order valence-electron chi connectivity index (χ4n) is 1.09. The molecule has 0 saturated heterocycles. The highest BCUT2D eigenvalue weighted by Crippen LogP contribution is 2.09. The Bertz CT molecular complexity index is 213. The minimum Gasteiger partial charge on any atom is -0.444 e. The van der Waals surface area contributed by atoms with Gasteiger partial charge in [-0.05, 0) is 33.6 Å².